The topological polar surface area (TPSA) is 27.7 Å². The highest BCUT2D eigenvalue weighted by atomic mass is 32.2. The number of hydrogen-bond acceptors (Lipinski definition) is 4. The second kappa shape index (κ2) is 8.03. The molecular weight excluding hydrogens is 272 g/mol. The predicted molar refractivity (Wildman–Crippen MR) is 82.1 cm³/mol. The Labute approximate surface area is 126 Å². The summed E-state index contributed by atoms with van der Waals surface area (Å²) in [5, 5.41) is 0. The van der Waals surface area contributed by atoms with Crippen LogP contribution in [0.4, 0.5) is 0 Å². The molecular formula is C16H24O3S. The number of ether oxygens (including phenoxy) is 3. The Morgan fingerprint density at radius 2 is 1.85 bits per heavy atom. The highest BCUT2D eigenvalue weighted by Gasteiger charge is 2.37. The Hall–Kier alpha value is -0.550. The fourth-order valence-corrected chi connectivity index (χ4v) is 2.87. The number of hydrogen-bond donors (Lipinski definition) is 0. The van der Waals surface area contributed by atoms with E-state index in [9.17, 15) is 0 Å². The first-order valence-electron chi connectivity index (χ1n) is 7.31. The van der Waals surface area contributed by atoms with E-state index in [1.807, 2.05) is 6.92 Å². The molecule has 1 aromatic carbocycles. The van der Waals surface area contributed by atoms with Crippen molar-refractivity contribution < 1.29 is 14.2 Å². The van der Waals surface area contributed by atoms with Gasteiger partial charge in [0.25, 0.3) is 0 Å². The van der Waals surface area contributed by atoms with Crippen LogP contribution >= 0.6 is 11.8 Å². The maximum Gasteiger partial charge on any atom is 0.194 e. The summed E-state index contributed by atoms with van der Waals surface area (Å²) in [4.78, 5) is 1.26. The molecule has 3 nitrogen and oxygen atoms in total. The van der Waals surface area contributed by atoms with E-state index in [0.29, 0.717) is 13.2 Å². The van der Waals surface area contributed by atoms with Crippen LogP contribution in [-0.2, 0) is 20.0 Å². The summed E-state index contributed by atoms with van der Waals surface area (Å²) in [6.07, 6.45) is 5.06. The number of benzene rings is 1. The molecule has 1 heterocycles. The molecule has 0 aromatic heterocycles. The third kappa shape index (κ3) is 3.98. The van der Waals surface area contributed by atoms with Gasteiger partial charge in [0, 0.05) is 30.1 Å². The van der Waals surface area contributed by atoms with E-state index < -0.39 is 5.79 Å². The molecule has 1 saturated heterocycles. The van der Waals surface area contributed by atoms with Gasteiger partial charge in [-0.05, 0) is 38.2 Å². The van der Waals surface area contributed by atoms with Crippen LogP contribution in [0.2, 0.25) is 0 Å². The standard InChI is InChI=1S/C16H24O3S/c1-3-17-11-5-4-10-16(18-12-13-19-16)14-6-8-15(20-2)9-7-14/h6-9H,3-5,10-13H2,1-2H3. The van der Waals surface area contributed by atoms with Gasteiger partial charge < -0.3 is 14.2 Å². The minimum Gasteiger partial charge on any atom is -0.382 e. The molecule has 1 aromatic rings. The third-order valence-corrected chi connectivity index (χ3v) is 4.28. The van der Waals surface area contributed by atoms with Crippen LogP contribution in [0.5, 0.6) is 0 Å². The summed E-state index contributed by atoms with van der Waals surface area (Å²) in [7, 11) is 0. The first-order valence-corrected chi connectivity index (χ1v) is 8.53. The van der Waals surface area contributed by atoms with Crippen LogP contribution in [0.3, 0.4) is 0 Å². The smallest absolute Gasteiger partial charge is 0.194 e. The number of unbranched alkanes of at least 4 members (excludes halogenated alkanes) is 1. The minimum atomic E-state index is -0.539. The maximum atomic E-state index is 5.94. The third-order valence-electron chi connectivity index (χ3n) is 3.53. The van der Waals surface area contributed by atoms with Crippen molar-refractivity contribution >= 4 is 11.8 Å². The van der Waals surface area contributed by atoms with E-state index in [2.05, 4.69) is 30.5 Å². The van der Waals surface area contributed by atoms with Crippen LogP contribution in [0.15, 0.2) is 29.2 Å². The molecule has 112 valence electrons. The zero-order chi connectivity index (χ0) is 14.3. The van der Waals surface area contributed by atoms with Crippen molar-refractivity contribution in [3.63, 3.8) is 0 Å². The molecule has 1 aliphatic heterocycles. The van der Waals surface area contributed by atoms with E-state index in [1.165, 1.54) is 4.90 Å². The van der Waals surface area contributed by atoms with Gasteiger partial charge in [0.05, 0.1) is 13.2 Å². The summed E-state index contributed by atoms with van der Waals surface area (Å²) in [5.41, 5.74) is 1.13. The quantitative estimate of drug-likeness (QED) is 0.538. The van der Waals surface area contributed by atoms with Gasteiger partial charge in [0.2, 0.25) is 0 Å². The lowest BCUT2D eigenvalue weighted by atomic mass is 9.99. The lowest BCUT2D eigenvalue weighted by Gasteiger charge is -2.28. The lowest BCUT2D eigenvalue weighted by Crippen LogP contribution is -2.27. The van der Waals surface area contributed by atoms with Crippen LogP contribution in [0.25, 0.3) is 0 Å². The van der Waals surface area contributed by atoms with Gasteiger partial charge in [-0.15, -0.1) is 11.8 Å². The second-order valence-electron chi connectivity index (χ2n) is 4.83. The first kappa shape index (κ1) is 15.8. The zero-order valence-corrected chi connectivity index (χ0v) is 13.2. The van der Waals surface area contributed by atoms with Crippen LogP contribution in [0, 0.1) is 0 Å². The van der Waals surface area contributed by atoms with Gasteiger partial charge in [-0.1, -0.05) is 12.1 Å². The highest BCUT2D eigenvalue weighted by molar-refractivity contribution is 7.98. The zero-order valence-electron chi connectivity index (χ0n) is 12.4. The second-order valence-corrected chi connectivity index (χ2v) is 5.71. The molecule has 2 rings (SSSR count). The van der Waals surface area contributed by atoms with Gasteiger partial charge >= 0.3 is 0 Å². The Kier molecular flexibility index (Phi) is 6.36. The molecule has 0 aliphatic carbocycles. The predicted octanol–water partition coefficient (Wildman–Crippen LogP) is 3.81. The van der Waals surface area contributed by atoms with Crippen molar-refractivity contribution in [2.45, 2.75) is 36.9 Å². The molecule has 4 heteroatoms. The van der Waals surface area contributed by atoms with Crippen molar-refractivity contribution in [2.75, 3.05) is 32.7 Å². The Bertz CT molecular complexity index is 385. The summed E-state index contributed by atoms with van der Waals surface area (Å²) in [6, 6.07) is 8.51. The number of rotatable bonds is 8. The van der Waals surface area contributed by atoms with Gasteiger partial charge in [-0.2, -0.15) is 0 Å². The highest BCUT2D eigenvalue weighted by Crippen LogP contribution is 2.37. The molecule has 0 spiro atoms. The molecule has 0 unspecified atom stereocenters. The van der Waals surface area contributed by atoms with Crippen molar-refractivity contribution in [1.82, 2.24) is 0 Å². The van der Waals surface area contributed by atoms with Crippen molar-refractivity contribution in [1.29, 1.82) is 0 Å². The molecule has 0 saturated carbocycles. The Balaban J connectivity index is 1.97. The molecule has 0 N–H and O–H groups in total. The SMILES string of the molecule is CCOCCCCC1(c2ccc(SC)cc2)OCCO1. The van der Waals surface area contributed by atoms with Crippen LogP contribution in [-0.4, -0.2) is 32.7 Å². The average Bonchev–Trinajstić information content (AvgIpc) is 2.97. The fourth-order valence-electron chi connectivity index (χ4n) is 2.46. The lowest BCUT2D eigenvalue weighted by molar-refractivity contribution is -0.172. The van der Waals surface area contributed by atoms with Crippen molar-refractivity contribution in [3.8, 4) is 0 Å². The molecule has 1 aliphatic rings. The molecule has 1 fully saturated rings. The Morgan fingerprint density at radius 1 is 1.15 bits per heavy atom. The average molecular weight is 296 g/mol. The minimum absolute atomic E-state index is 0.539. The van der Waals surface area contributed by atoms with Crippen molar-refractivity contribution in [3.05, 3.63) is 29.8 Å². The largest absolute Gasteiger partial charge is 0.382 e. The fraction of sp³-hybridized carbons (Fsp3) is 0.625. The summed E-state index contributed by atoms with van der Waals surface area (Å²) in [5.74, 6) is -0.539. The summed E-state index contributed by atoms with van der Waals surface area (Å²) in [6.45, 7) is 4.98. The Morgan fingerprint density at radius 3 is 2.45 bits per heavy atom. The van der Waals surface area contributed by atoms with Crippen molar-refractivity contribution in [2.24, 2.45) is 0 Å². The van der Waals surface area contributed by atoms with Crippen LogP contribution < -0.4 is 0 Å². The van der Waals surface area contributed by atoms with E-state index in [4.69, 9.17) is 14.2 Å². The van der Waals surface area contributed by atoms with Gasteiger partial charge in [-0.25, -0.2) is 0 Å². The molecule has 0 atom stereocenters. The first-order chi connectivity index (χ1) is 9.80. The molecule has 0 radical (unpaired) electrons. The normalized spacial score (nSPS) is 17.5. The van der Waals surface area contributed by atoms with E-state index in [0.717, 1.165) is 38.0 Å². The van der Waals surface area contributed by atoms with E-state index in [-0.39, 0.29) is 0 Å². The molecule has 20 heavy (non-hydrogen) atoms. The van der Waals surface area contributed by atoms with Crippen LogP contribution in [0.1, 0.15) is 31.7 Å². The monoisotopic (exact) mass is 296 g/mol. The van der Waals surface area contributed by atoms with Gasteiger partial charge in [-0.3, -0.25) is 0 Å². The van der Waals surface area contributed by atoms with E-state index >= 15 is 0 Å². The van der Waals surface area contributed by atoms with Gasteiger partial charge in [0.15, 0.2) is 5.79 Å². The number of thioether (sulfide) groups is 1. The summed E-state index contributed by atoms with van der Waals surface area (Å²) >= 11 is 1.75. The van der Waals surface area contributed by atoms with Gasteiger partial charge in [0.1, 0.15) is 0 Å². The maximum absolute atomic E-state index is 5.94. The summed E-state index contributed by atoms with van der Waals surface area (Å²) < 4.78 is 17.3. The molecule has 0 bridgehead atoms. The molecule has 0 amide bonds. The van der Waals surface area contributed by atoms with E-state index in [1.54, 1.807) is 11.8 Å².